The molecule has 0 aromatic carbocycles. The van der Waals surface area contributed by atoms with E-state index in [1.165, 1.54) is 6.92 Å². The third-order valence-electron chi connectivity index (χ3n) is 3.29. The molecular formula is C14H24N6O8. The summed E-state index contributed by atoms with van der Waals surface area (Å²) in [6, 6.07) is -5.83. The van der Waals surface area contributed by atoms with Crippen molar-refractivity contribution in [3.05, 3.63) is 0 Å². The zero-order valence-electron chi connectivity index (χ0n) is 15.0. The zero-order valence-corrected chi connectivity index (χ0v) is 15.0. The maximum atomic E-state index is 12.3. The molecule has 4 atom stereocenters. The zero-order chi connectivity index (χ0) is 22.0. The predicted octanol–water partition coefficient (Wildman–Crippen LogP) is -5.38. The number of hydrogen-bond donors (Lipinski definition) is 8. The van der Waals surface area contributed by atoms with E-state index in [0.717, 1.165) is 0 Å². The van der Waals surface area contributed by atoms with Gasteiger partial charge in [0.15, 0.2) is 0 Å². The number of rotatable bonds is 12. The number of amides is 5. The summed E-state index contributed by atoms with van der Waals surface area (Å²) >= 11 is 0. The molecule has 14 heteroatoms. The van der Waals surface area contributed by atoms with Gasteiger partial charge in [-0.3, -0.25) is 24.0 Å². The number of carbonyl (C=O) groups excluding carboxylic acids is 5. The summed E-state index contributed by atoms with van der Waals surface area (Å²) in [6.07, 6.45) is -1.34. The van der Waals surface area contributed by atoms with E-state index in [0.29, 0.717) is 0 Å². The van der Waals surface area contributed by atoms with Crippen molar-refractivity contribution in [2.45, 2.75) is 43.9 Å². The lowest BCUT2D eigenvalue weighted by molar-refractivity contribution is -0.144. The molecule has 14 nitrogen and oxygen atoms in total. The van der Waals surface area contributed by atoms with Crippen LogP contribution in [0.3, 0.4) is 0 Å². The van der Waals surface area contributed by atoms with Crippen molar-refractivity contribution < 1.29 is 39.0 Å². The number of aliphatic hydroxyl groups excluding tert-OH is 1. The Morgan fingerprint density at radius 2 is 1.18 bits per heavy atom. The predicted molar refractivity (Wildman–Crippen MR) is 91.8 cm³/mol. The Kier molecular flexibility index (Phi) is 10.1. The average molecular weight is 404 g/mol. The van der Waals surface area contributed by atoms with Gasteiger partial charge in [-0.2, -0.15) is 0 Å². The molecule has 0 fully saturated rings. The number of carbonyl (C=O) groups is 6. The Labute approximate surface area is 159 Å². The van der Waals surface area contributed by atoms with Gasteiger partial charge in [-0.15, -0.1) is 0 Å². The Bertz CT molecular complexity index is 637. The fourth-order valence-corrected chi connectivity index (χ4v) is 1.85. The van der Waals surface area contributed by atoms with Crippen LogP contribution in [0.25, 0.3) is 0 Å². The molecule has 0 saturated heterocycles. The number of carboxylic acids is 1. The van der Waals surface area contributed by atoms with Crippen molar-refractivity contribution in [3.63, 3.8) is 0 Å². The summed E-state index contributed by atoms with van der Waals surface area (Å²) in [5.74, 6) is -6.48. The fourth-order valence-electron chi connectivity index (χ4n) is 1.85. The molecule has 0 heterocycles. The van der Waals surface area contributed by atoms with Crippen LogP contribution < -0.4 is 33.2 Å². The molecule has 0 spiro atoms. The fraction of sp³-hybridized carbons (Fsp3) is 0.571. The number of aliphatic carboxylic acids is 1. The summed E-state index contributed by atoms with van der Waals surface area (Å²) in [7, 11) is 0. The number of aliphatic hydroxyl groups is 1. The second-order valence-corrected chi connectivity index (χ2v) is 5.83. The Balaban J connectivity index is 5.19. The topological polar surface area (TPSA) is 257 Å². The molecule has 0 radical (unpaired) electrons. The van der Waals surface area contributed by atoms with Gasteiger partial charge < -0.3 is 43.4 Å². The Morgan fingerprint density at radius 1 is 0.786 bits per heavy atom. The van der Waals surface area contributed by atoms with Gasteiger partial charge >= 0.3 is 5.97 Å². The minimum absolute atomic E-state index is 0.622. The van der Waals surface area contributed by atoms with Crippen LogP contribution >= 0.6 is 0 Å². The highest BCUT2D eigenvalue weighted by atomic mass is 16.4. The number of nitrogens with two attached hydrogens (primary N) is 3. The third kappa shape index (κ3) is 8.91. The van der Waals surface area contributed by atoms with Crippen LogP contribution in [0.2, 0.25) is 0 Å². The van der Waals surface area contributed by atoms with Crippen LogP contribution in [0.1, 0.15) is 19.8 Å². The lowest BCUT2D eigenvalue weighted by Gasteiger charge is -2.23. The molecule has 0 saturated carbocycles. The van der Waals surface area contributed by atoms with Gasteiger partial charge in [0.05, 0.1) is 25.5 Å². The molecule has 0 bridgehead atoms. The lowest BCUT2D eigenvalue weighted by Crippen LogP contribution is -2.58. The first kappa shape index (κ1) is 24.7. The number of primary amides is 2. The van der Waals surface area contributed by atoms with Crippen molar-refractivity contribution in [3.8, 4) is 0 Å². The minimum atomic E-state index is -1.69. The minimum Gasteiger partial charge on any atom is -0.480 e. The normalized spacial score (nSPS) is 14.7. The van der Waals surface area contributed by atoms with Crippen LogP contribution in [0, 0.1) is 0 Å². The maximum Gasteiger partial charge on any atom is 0.326 e. The number of nitrogens with one attached hydrogen (secondary N) is 3. The molecule has 0 aliphatic rings. The van der Waals surface area contributed by atoms with Crippen LogP contribution in [0.4, 0.5) is 0 Å². The van der Waals surface area contributed by atoms with E-state index in [9.17, 15) is 33.9 Å². The highest BCUT2D eigenvalue weighted by Gasteiger charge is 2.30. The molecule has 0 aromatic rings. The van der Waals surface area contributed by atoms with Crippen LogP contribution in [0.5, 0.6) is 0 Å². The van der Waals surface area contributed by atoms with Crippen LogP contribution in [-0.2, 0) is 28.8 Å². The van der Waals surface area contributed by atoms with Gasteiger partial charge in [0.25, 0.3) is 0 Å². The van der Waals surface area contributed by atoms with Gasteiger partial charge in [0.1, 0.15) is 18.1 Å². The maximum absolute atomic E-state index is 12.3. The summed E-state index contributed by atoms with van der Waals surface area (Å²) in [5, 5.41) is 24.4. The summed E-state index contributed by atoms with van der Waals surface area (Å²) in [5.41, 5.74) is 15.3. The van der Waals surface area contributed by atoms with Gasteiger partial charge in [0.2, 0.25) is 29.5 Å². The van der Waals surface area contributed by atoms with Crippen molar-refractivity contribution in [1.29, 1.82) is 0 Å². The van der Waals surface area contributed by atoms with Gasteiger partial charge in [-0.1, -0.05) is 0 Å². The summed E-state index contributed by atoms with van der Waals surface area (Å²) < 4.78 is 0. The molecular weight excluding hydrogens is 380 g/mol. The standard InChI is InChI=1S/C14H24N6O8/c1-5(15)11(24)18-6(2-9(16)22)12(25)20-8(4-21)13(26)19-7(14(27)28)3-10(17)23/h5-8,21H,2-4,15H2,1H3,(H2,16,22)(H2,17,23)(H,18,24)(H,19,26)(H,20,25)(H,27,28). The van der Waals surface area contributed by atoms with E-state index in [2.05, 4.69) is 5.32 Å². The van der Waals surface area contributed by atoms with E-state index >= 15 is 0 Å². The van der Waals surface area contributed by atoms with E-state index in [1.807, 2.05) is 10.6 Å². The van der Waals surface area contributed by atoms with Crippen molar-refractivity contribution in [2.75, 3.05) is 6.61 Å². The second-order valence-electron chi connectivity index (χ2n) is 5.83. The molecule has 5 amide bonds. The smallest absolute Gasteiger partial charge is 0.326 e. The van der Waals surface area contributed by atoms with Gasteiger partial charge in [0, 0.05) is 0 Å². The summed E-state index contributed by atoms with van der Waals surface area (Å²) in [6.45, 7) is 0.369. The molecule has 0 aliphatic carbocycles. The average Bonchev–Trinajstić information content (AvgIpc) is 2.56. The second kappa shape index (κ2) is 11.5. The number of hydrogen-bond acceptors (Lipinski definition) is 8. The third-order valence-corrected chi connectivity index (χ3v) is 3.29. The first-order valence-electron chi connectivity index (χ1n) is 7.96. The largest absolute Gasteiger partial charge is 0.480 e. The monoisotopic (exact) mass is 404 g/mol. The first-order chi connectivity index (χ1) is 12.9. The summed E-state index contributed by atoms with van der Waals surface area (Å²) in [4.78, 5) is 69.0. The molecule has 4 unspecified atom stereocenters. The van der Waals surface area contributed by atoms with Gasteiger partial charge in [-0.05, 0) is 6.92 Å². The van der Waals surface area contributed by atoms with E-state index in [1.54, 1.807) is 0 Å². The number of carboxylic acid groups (broad SMARTS) is 1. The van der Waals surface area contributed by atoms with E-state index in [4.69, 9.17) is 22.3 Å². The SMILES string of the molecule is CC(N)C(=O)NC(CC(N)=O)C(=O)NC(CO)C(=O)NC(CC(N)=O)C(=O)O. The van der Waals surface area contributed by atoms with Crippen LogP contribution in [-0.4, -0.2) is 76.5 Å². The van der Waals surface area contributed by atoms with Crippen LogP contribution in [0.15, 0.2) is 0 Å². The molecule has 0 aliphatic heterocycles. The quantitative estimate of drug-likeness (QED) is 0.154. The lowest BCUT2D eigenvalue weighted by atomic mass is 10.1. The highest BCUT2D eigenvalue weighted by molar-refractivity contribution is 5.96. The van der Waals surface area contributed by atoms with E-state index in [-0.39, 0.29) is 0 Å². The molecule has 0 aromatic heterocycles. The molecule has 11 N–H and O–H groups in total. The van der Waals surface area contributed by atoms with Gasteiger partial charge in [-0.25, -0.2) is 4.79 Å². The highest BCUT2D eigenvalue weighted by Crippen LogP contribution is 1.98. The first-order valence-corrected chi connectivity index (χ1v) is 7.96. The van der Waals surface area contributed by atoms with Crippen molar-refractivity contribution >= 4 is 35.5 Å². The Hall–Kier alpha value is -3.26. The van der Waals surface area contributed by atoms with Crippen molar-refractivity contribution in [1.82, 2.24) is 16.0 Å². The van der Waals surface area contributed by atoms with Crippen molar-refractivity contribution in [2.24, 2.45) is 17.2 Å². The Morgan fingerprint density at radius 3 is 1.57 bits per heavy atom. The van der Waals surface area contributed by atoms with E-state index < -0.39 is 79.1 Å². The molecule has 158 valence electrons. The molecule has 28 heavy (non-hydrogen) atoms. The molecule has 0 rings (SSSR count).